The topological polar surface area (TPSA) is 51.8 Å². The molecule has 0 radical (unpaired) electrons. The van der Waals surface area contributed by atoms with Crippen LogP contribution in [0.4, 0.5) is 0 Å². The summed E-state index contributed by atoms with van der Waals surface area (Å²) in [7, 11) is 0. The SMILES string of the molecule is C1=c2oc3c(-c4ccc5c(c4)nc(-c4ccc(-c6cc(-c7ccccc7)nc(-c7ccccc7)n6)cc4)c4c6ccccc6sc54)cccc3c2=CCC1. The Bertz CT molecular complexity index is 3140. The van der Waals surface area contributed by atoms with Gasteiger partial charge >= 0.3 is 0 Å². The number of para-hydroxylation sites is 1. The number of furan rings is 1. The molecule has 0 aliphatic heterocycles. The predicted molar refractivity (Wildman–Crippen MR) is 225 cm³/mol. The molecule has 1 aliphatic rings. The number of aromatic nitrogens is 3. The van der Waals surface area contributed by atoms with E-state index in [-0.39, 0.29) is 0 Å². The highest BCUT2D eigenvalue weighted by Gasteiger charge is 2.19. The maximum Gasteiger partial charge on any atom is 0.160 e. The smallest absolute Gasteiger partial charge is 0.160 e. The number of hydrogen-bond donors (Lipinski definition) is 0. The van der Waals surface area contributed by atoms with Gasteiger partial charge in [0, 0.05) is 64.0 Å². The normalized spacial score (nSPS) is 12.6. The van der Waals surface area contributed by atoms with Crippen molar-refractivity contribution in [2.24, 2.45) is 0 Å². The molecule has 1 aliphatic carbocycles. The molecule has 0 unspecified atom stereocenters. The maximum atomic E-state index is 6.49. The minimum absolute atomic E-state index is 0.705. The summed E-state index contributed by atoms with van der Waals surface area (Å²) in [5.74, 6) is 0.705. The number of benzene rings is 6. The summed E-state index contributed by atoms with van der Waals surface area (Å²) >= 11 is 1.84. The van der Waals surface area contributed by atoms with E-state index in [4.69, 9.17) is 19.4 Å². The van der Waals surface area contributed by atoms with Crippen LogP contribution < -0.4 is 10.6 Å². The third kappa shape index (κ3) is 5.08. The largest absolute Gasteiger partial charge is 0.456 e. The van der Waals surface area contributed by atoms with Gasteiger partial charge in [0.25, 0.3) is 0 Å². The fraction of sp³-hybridized carbons (Fsp3) is 0.0408. The van der Waals surface area contributed by atoms with Gasteiger partial charge in [0.1, 0.15) is 11.0 Å². The summed E-state index contributed by atoms with van der Waals surface area (Å²) in [4.78, 5) is 15.5. The molecule has 0 fully saturated rings. The molecule has 0 N–H and O–H groups in total. The van der Waals surface area contributed by atoms with E-state index in [1.165, 1.54) is 30.8 Å². The van der Waals surface area contributed by atoms with Crippen molar-refractivity contribution in [2.45, 2.75) is 12.8 Å². The summed E-state index contributed by atoms with van der Waals surface area (Å²) in [5.41, 5.74) is 11.9. The van der Waals surface area contributed by atoms with Gasteiger partial charge in [-0.2, -0.15) is 0 Å². The van der Waals surface area contributed by atoms with E-state index < -0.39 is 0 Å². The van der Waals surface area contributed by atoms with Crippen LogP contribution in [-0.4, -0.2) is 15.0 Å². The molecule has 11 rings (SSSR count). The molecule has 4 heterocycles. The predicted octanol–water partition coefficient (Wildman–Crippen LogP) is 11.8. The number of fused-ring (bicyclic) bond motifs is 8. The number of thiophene rings is 1. The van der Waals surface area contributed by atoms with Gasteiger partial charge in [-0.25, -0.2) is 15.0 Å². The van der Waals surface area contributed by atoms with Crippen molar-refractivity contribution in [3.63, 3.8) is 0 Å². The number of nitrogens with zero attached hydrogens (tertiary/aromatic N) is 3. The van der Waals surface area contributed by atoms with Crippen LogP contribution in [-0.2, 0) is 0 Å². The van der Waals surface area contributed by atoms with E-state index in [0.29, 0.717) is 5.82 Å². The Morgan fingerprint density at radius 1 is 0.500 bits per heavy atom. The van der Waals surface area contributed by atoms with Crippen LogP contribution in [0.3, 0.4) is 0 Å². The van der Waals surface area contributed by atoms with Crippen LogP contribution in [0, 0.1) is 0 Å². The Hall–Kier alpha value is -6.69. The summed E-state index contributed by atoms with van der Waals surface area (Å²) < 4.78 is 8.99. The summed E-state index contributed by atoms with van der Waals surface area (Å²) in [6.45, 7) is 0. The lowest BCUT2D eigenvalue weighted by atomic mass is 9.98. The van der Waals surface area contributed by atoms with Gasteiger partial charge in [-0.3, -0.25) is 0 Å². The molecule has 54 heavy (non-hydrogen) atoms. The lowest BCUT2D eigenvalue weighted by Crippen LogP contribution is -2.21. The standard InChI is InChI=1S/C49H31N3OS/c1-3-12-30(13-4-1)40-29-41(52-49(51-40)33-14-5-2-6-15-33)31-22-24-32(25-23-31)46-45-39-17-8-10-21-44(39)54-48(45)38-27-26-34(28-42(38)50-46)35-18-11-19-37-36-16-7-9-20-43(36)53-47(35)37/h1-6,8,10-29H,7,9H2. The Kier molecular flexibility index (Phi) is 7.13. The van der Waals surface area contributed by atoms with Crippen molar-refractivity contribution >= 4 is 65.5 Å². The minimum Gasteiger partial charge on any atom is -0.456 e. The maximum absolute atomic E-state index is 6.49. The Balaban J connectivity index is 1.07. The van der Waals surface area contributed by atoms with Crippen LogP contribution in [0.25, 0.3) is 110 Å². The average Bonchev–Trinajstić information content (AvgIpc) is 3.83. The van der Waals surface area contributed by atoms with Gasteiger partial charge < -0.3 is 4.42 Å². The fourth-order valence-electron chi connectivity index (χ4n) is 7.89. The first-order chi connectivity index (χ1) is 26.7. The first kappa shape index (κ1) is 30.9. The zero-order valence-electron chi connectivity index (χ0n) is 29.2. The van der Waals surface area contributed by atoms with E-state index in [1.54, 1.807) is 0 Å². The fourth-order valence-corrected chi connectivity index (χ4v) is 9.13. The van der Waals surface area contributed by atoms with Gasteiger partial charge in [0.15, 0.2) is 5.82 Å². The first-order valence-electron chi connectivity index (χ1n) is 18.3. The lowest BCUT2D eigenvalue weighted by molar-refractivity contribution is 0.572. The molecule has 6 aromatic carbocycles. The second-order valence-electron chi connectivity index (χ2n) is 13.8. The average molecular weight is 710 g/mol. The summed E-state index contributed by atoms with van der Waals surface area (Å²) in [5, 5.41) is 5.96. The van der Waals surface area contributed by atoms with Gasteiger partial charge in [-0.05, 0) is 42.7 Å². The molecule has 0 saturated carbocycles. The molecule has 254 valence electrons. The van der Waals surface area contributed by atoms with E-state index in [1.807, 2.05) is 47.7 Å². The zero-order chi connectivity index (χ0) is 35.6. The third-order valence-electron chi connectivity index (χ3n) is 10.5. The summed E-state index contributed by atoms with van der Waals surface area (Å²) in [6, 6.07) is 53.1. The molecule has 4 aromatic heterocycles. The van der Waals surface area contributed by atoms with Gasteiger partial charge in [-0.1, -0.05) is 140 Å². The van der Waals surface area contributed by atoms with E-state index in [9.17, 15) is 0 Å². The van der Waals surface area contributed by atoms with Crippen molar-refractivity contribution in [3.05, 3.63) is 162 Å². The molecule has 5 heteroatoms. The molecule has 0 saturated heterocycles. The lowest BCUT2D eigenvalue weighted by Gasteiger charge is -2.11. The second-order valence-corrected chi connectivity index (χ2v) is 14.9. The van der Waals surface area contributed by atoms with Crippen molar-refractivity contribution in [1.82, 2.24) is 15.0 Å². The second kappa shape index (κ2) is 12.5. The Morgan fingerprint density at radius 3 is 1.98 bits per heavy atom. The monoisotopic (exact) mass is 709 g/mol. The number of hydrogen-bond acceptors (Lipinski definition) is 5. The van der Waals surface area contributed by atoms with Crippen molar-refractivity contribution in [2.75, 3.05) is 0 Å². The number of pyridine rings is 1. The minimum atomic E-state index is 0.705. The first-order valence-corrected chi connectivity index (χ1v) is 19.1. The highest BCUT2D eigenvalue weighted by Crippen LogP contribution is 2.44. The third-order valence-corrected chi connectivity index (χ3v) is 11.7. The summed E-state index contributed by atoms with van der Waals surface area (Å²) in [6.07, 6.45) is 6.58. The molecule has 0 bridgehead atoms. The van der Waals surface area contributed by atoms with Crippen molar-refractivity contribution in [3.8, 4) is 56.3 Å². The highest BCUT2D eigenvalue weighted by atomic mass is 32.1. The molecule has 0 atom stereocenters. The Labute approximate surface area is 315 Å². The van der Waals surface area contributed by atoms with Crippen molar-refractivity contribution < 1.29 is 4.42 Å². The Morgan fingerprint density at radius 2 is 1.17 bits per heavy atom. The van der Waals surface area contributed by atoms with Gasteiger partial charge in [0.05, 0.1) is 22.6 Å². The van der Waals surface area contributed by atoms with Crippen LogP contribution in [0.15, 0.2) is 156 Å². The molecular weight excluding hydrogens is 679 g/mol. The molecule has 0 spiro atoms. The highest BCUT2D eigenvalue weighted by molar-refractivity contribution is 7.26. The van der Waals surface area contributed by atoms with Crippen LogP contribution in [0.2, 0.25) is 0 Å². The molecule has 10 aromatic rings. The van der Waals surface area contributed by atoms with Crippen LogP contribution in [0.1, 0.15) is 12.8 Å². The molecule has 0 amide bonds. The van der Waals surface area contributed by atoms with Gasteiger partial charge in [-0.15, -0.1) is 11.3 Å². The van der Waals surface area contributed by atoms with Crippen LogP contribution >= 0.6 is 11.3 Å². The van der Waals surface area contributed by atoms with Gasteiger partial charge in [0.2, 0.25) is 0 Å². The molecular formula is C49H31N3OS. The number of rotatable bonds is 5. The zero-order valence-corrected chi connectivity index (χ0v) is 30.0. The van der Waals surface area contributed by atoms with E-state index >= 15 is 0 Å². The quantitative estimate of drug-likeness (QED) is 0.178. The van der Waals surface area contributed by atoms with E-state index in [0.717, 1.165) is 85.2 Å². The van der Waals surface area contributed by atoms with Crippen molar-refractivity contribution in [1.29, 1.82) is 0 Å². The molecule has 4 nitrogen and oxygen atoms in total. The van der Waals surface area contributed by atoms with Crippen LogP contribution in [0.5, 0.6) is 0 Å². The van der Waals surface area contributed by atoms with E-state index in [2.05, 4.69) is 127 Å².